The van der Waals surface area contributed by atoms with Crippen LogP contribution < -0.4 is 5.32 Å². The lowest BCUT2D eigenvalue weighted by atomic mass is 10.0. The van der Waals surface area contributed by atoms with Gasteiger partial charge in [-0.1, -0.05) is 25.7 Å². The molecular formula is C13H21N3O2. The second-order valence-corrected chi connectivity index (χ2v) is 5.05. The van der Waals surface area contributed by atoms with Crippen molar-refractivity contribution in [3.8, 4) is 0 Å². The third-order valence-corrected chi connectivity index (χ3v) is 3.79. The number of carboxylic acid groups (broad SMARTS) is 1. The van der Waals surface area contributed by atoms with Crippen molar-refractivity contribution in [2.75, 3.05) is 6.54 Å². The molecule has 2 rings (SSSR count). The lowest BCUT2D eigenvalue weighted by molar-refractivity contribution is 0.0695. The van der Waals surface area contributed by atoms with Crippen molar-refractivity contribution in [3.05, 3.63) is 17.5 Å². The Labute approximate surface area is 107 Å². The van der Waals surface area contributed by atoms with Crippen LogP contribution in [0.25, 0.3) is 0 Å². The van der Waals surface area contributed by atoms with Gasteiger partial charge in [-0.25, -0.2) is 4.79 Å². The average Bonchev–Trinajstić information content (AvgIpc) is 2.94. The van der Waals surface area contributed by atoms with Gasteiger partial charge in [0.15, 0.2) is 0 Å². The van der Waals surface area contributed by atoms with Crippen molar-refractivity contribution < 1.29 is 9.90 Å². The highest BCUT2D eigenvalue weighted by Gasteiger charge is 2.16. The molecule has 1 heterocycles. The van der Waals surface area contributed by atoms with Crippen LogP contribution in [0.15, 0.2) is 6.20 Å². The fourth-order valence-electron chi connectivity index (χ4n) is 2.66. The highest BCUT2D eigenvalue weighted by Crippen LogP contribution is 2.26. The summed E-state index contributed by atoms with van der Waals surface area (Å²) in [5.41, 5.74) is 1.04. The number of nitrogens with one attached hydrogen (secondary N) is 1. The van der Waals surface area contributed by atoms with Crippen LogP contribution in [-0.2, 0) is 13.6 Å². The number of aryl methyl sites for hydroxylation is 1. The van der Waals surface area contributed by atoms with Gasteiger partial charge in [-0.3, -0.25) is 4.68 Å². The fraction of sp³-hybridized carbons (Fsp3) is 0.692. The van der Waals surface area contributed by atoms with Gasteiger partial charge in [0.2, 0.25) is 0 Å². The first-order valence-corrected chi connectivity index (χ1v) is 6.63. The lowest BCUT2D eigenvalue weighted by Gasteiger charge is -2.10. The fourth-order valence-corrected chi connectivity index (χ4v) is 2.66. The first-order chi connectivity index (χ1) is 8.68. The van der Waals surface area contributed by atoms with Crippen LogP contribution >= 0.6 is 0 Å². The van der Waals surface area contributed by atoms with Gasteiger partial charge < -0.3 is 10.4 Å². The van der Waals surface area contributed by atoms with E-state index in [-0.39, 0.29) is 0 Å². The Hall–Kier alpha value is -1.36. The number of aromatic nitrogens is 2. The topological polar surface area (TPSA) is 67.2 Å². The van der Waals surface area contributed by atoms with Crippen molar-refractivity contribution in [3.63, 3.8) is 0 Å². The molecule has 2 N–H and O–H groups in total. The van der Waals surface area contributed by atoms with E-state index in [4.69, 9.17) is 5.11 Å². The molecule has 0 saturated heterocycles. The molecular weight excluding hydrogens is 230 g/mol. The van der Waals surface area contributed by atoms with Crippen LogP contribution in [0.2, 0.25) is 0 Å². The molecule has 0 radical (unpaired) electrons. The SMILES string of the molecule is Cn1ncc(C(=O)O)c1CNCCC1CCCC1. The van der Waals surface area contributed by atoms with Crippen molar-refractivity contribution in [1.29, 1.82) is 0 Å². The Balaban J connectivity index is 1.78. The quantitative estimate of drug-likeness (QED) is 0.756. The second kappa shape index (κ2) is 6.00. The van der Waals surface area contributed by atoms with Crippen LogP contribution in [0, 0.1) is 5.92 Å². The largest absolute Gasteiger partial charge is 0.478 e. The highest BCUT2D eigenvalue weighted by molar-refractivity contribution is 5.88. The van der Waals surface area contributed by atoms with E-state index in [2.05, 4.69) is 10.4 Å². The van der Waals surface area contributed by atoms with Crippen molar-refractivity contribution in [2.45, 2.75) is 38.6 Å². The highest BCUT2D eigenvalue weighted by atomic mass is 16.4. The van der Waals surface area contributed by atoms with Crippen molar-refractivity contribution >= 4 is 5.97 Å². The summed E-state index contributed by atoms with van der Waals surface area (Å²) >= 11 is 0. The predicted octanol–water partition coefficient (Wildman–Crippen LogP) is 1.79. The normalized spacial score (nSPS) is 16.3. The van der Waals surface area contributed by atoms with E-state index < -0.39 is 5.97 Å². The number of carbonyl (C=O) groups is 1. The molecule has 0 spiro atoms. The molecule has 1 saturated carbocycles. The monoisotopic (exact) mass is 251 g/mol. The van der Waals surface area contributed by atoms with Crippen LogP contribution in [0.3, 0.4) is 0 Å². The summed E-state index contributed by atoms with van der Waals surface area (Å²) in [6, 6.07) is 0. The minimum absolute atomic E-state index is 0.297. The van der Waals surface area contributed by atoms with E-state index in [1.807, 2.05) is 0 Å². The number of hydrogen-bond acceptors (Lipinski definition) is 3. The molecule has 5 nitrogen and oxygen atoms in total. The van der Waals surface area contributed by atoms with Gasteiger partial charge in [0.1, 0.15) is 5.56 Å². The molecule has 0 bridgehead atoms. The van der Waals surface area contributed by atoms with Gasteiger partial charge in [-0.15, -0.1) is 0 Å². The average molecular weight is 251 g/mol. The van der Waals surface area contributed by atoms with E-state index in [1.165, 1.54) is 38.3 Å². The Bertz CT molecular complexity index is 408. The third-order valence-electron chi connectivity index (χ3n) is 3.79. The van der Waals surface area contributed by atoms with Gasteiger partial charge >= 0.3 is 5.97 Å². The van der Waals surface area contributed by atoms with Crippen molar-refractivity contribution in [2.24, 2.45) is 13.0 Å². The van der Waals surface area contributed by atoms with Gasteiger partial charge in [-0.05, 0) is 18.9 Å². The first kappa shape index (κ1) is 13.1. The predicted molar refractivity (Wildman–Crippen MR) is 68.4 cm³/mol. The molecule has 0 amide bonds. The number of carboxylic acids is 1. The Morgan fingerprint density at radius 2 is 2.28 bits per heavy atom. The minimum Gasteiger partial charge on any atom is -0.478 e. The summed E-state index contributed by atoms with van der Waals surface area (Å²) in [5.74, 6) is -0.0429. The van der Waals surface area contributed by atoms with Crippen LogP contribution in [-0.4, -0.2) is 27.4 Å². The molecule has 100 valence electrons. The Kier molecular flexibility index (Phi) is 4.36. The van der Waals surface area contributed by atoms with E-state index >= 15 is 0 Å². The molecule has 1 aliphatic carbocycles. The summed E-state index contributed by atoms with van der Waals surface area (Å²) < 4.78 is 1.63. The summed E-state index contributed by atoms with van der Waals surface area (Å²) in [7, 11) is 1.78. The number of hydrogen-bond donors (Lipinski definition) is 2. The van der Waals surface area contributed by atoms with E-state index in [0.717, 1.165) is 18.2 Å². The standard InChI is InChI=1S/C13H21N3O2/c1-16-12(11(8-15-16)13(17)18)9-14-7-6-10-4-2-3-5-10/h8,10,14H,2-7,9H2,1H3,(H,17,18). The van der Waals surface area contributed by atoms with Gasteiger partial charge in [0.25, 0.3) is 0 Å². The van der Waals surface area contributed by atoms with Crippen LogP contribution in [0.5, 0.6) is 0 Å². The van der Waals surface area contributed by atoms with E-state index in [1.54, 1.807) is 11.7 Å². The maximum absolute atomic E-state index is 11.0. The van der Waals surface area contributed by atoms with Crippen LogP contribution in [0.4, 0.5) is 0 Å². The lowest BCUT2D eigenvalue weighted by Crippen LogP contribution is -2.20. The Morgan fingerprint density at radius 1 is 1.56 bits per heavy atom. The minimum atomic E-state index is -0.907. The summed E-state index contributed by atoms with van der Waals surface area (Å²) in [6.07, 6.45) is 8.06. The zero-order valence-electron chi connectivity index (χ0n) is 10.9. The third kappa shape index (κ3) is 3.10. The number of rotatable bonds is 6. The Morgan fingerprint density at radius 3 is 2.94 bits per heavy atom. The molecule has 0 unspecified atom stereocenters. The molecule has 0 atom stereocenters. The summed E-state index contributed by atoms with van der Waals surface area (Å²) in [4.78, 5) is 11.0. The molecule has 5 heteroatoms. The molecule has 1 fully saturated rings. The van der Waals surface area contributed by atoms with E-state index in [9.17, 15) is 4.79 Å². The van der Waals surface area contributed by atoms with Gasteiger partial charge in [0, 0.05) is 13.6 Å². The molecule has 18 heavy (non-hydrogen) atoms. The van der Waals surface area contributed by atoms with Crippen molar-refractivity contribution in [1.82, 2.24) is 15.1 Å². The molecule has 0 aliphatic heterocycles. The summed E-state index contributed by atoms with van der Waals surface area (Å²) in [6.45, 7) is 1.53. The zero-order valence-corrected chi connectivity index (χ0v) is 10.9. The molecule has 0 aromatic carbocycles. The molecule has 1 aliphatic rings. The maximum atomic E-state index is 11.0. The zero-order chi connectivity index (χ0) is 13.0. The maximum Gasteiger partial charge on any atom is 0.339 e. The molecule has 1 aromatic rings. The van der Waals surface area contributed by atoms with Gasteiger partial charge in [-0.2, -0.15) is 5.10 Å². The van der Waals surface area contributed by atoms with Crippen LogP contribution in [0.1, 0.15) is 48.2 Å². The number of aromatic carboxylic acids is 1. The molecule has 1 aromatic heterocycles. The van der Waals surface area contributed by atoms with Gasteiger partial charge in [0.05, 0.1) is 11.9 Å². The number of nitrogens with zero attached hydrogens (tertiary/aromatic N) is 2. The first-order valence-electron chi connectivity index (χ1n) is 6.63. The van der Waals surface area contributed by atoms with E-state index in [0.29, 0.717) is 12.1 Å². The summed E-state index contributed by atoms with van der Waals surface area (Å²) in [5, 5.41) is 16.3. The second-order valence-electron chi connectivity index (χ2n) is 5.05. The smallest absolute Gasteiger partial charge is 0.339 e.